The quantitative estimate of drug-likeness (QED) is 0.0849. The monoisotopic (exact) mass is 1440 g/mol. The van der Waals surface area contributed by atoms with Gasteiger partial charge >= 0.3 is 0 Å². The van der Waals surface area contributed by atoms with Crippen LogP contribution in [0.15, 0.2) is 372 Å². The van der Waals surface area contributed by atoms with Gasteiger partial charge in [0, 0.05) is 83.1 Å². The van der Waals surface area contributed by atoms with Crippen LogP contribution in [0.4, 0.5) is 51.2 Å². The van der Waals surface area contributed by atoms with Crippen molar-refractivity contribution >= 4 is 97.0 Å². The fourth-order valence-corrected chi connectivity index (χ4v) is 11.9. The van der Waals surface area contributed by atoms with Crippen molar-refractivity contribution in [3.05, 3.63) is 407 Å². The molecule has 98 heavy (non-hydrogen) atoms. The van der Waals surface area contributed by atoms with Crippen LogP contribution in [0.25, 0.3) is 90.6 Å². The molecule has 2 aromatic heterocycles. The number of benzene rings is 13. The van der Waals surface area contributed by atoms with Crippen molar-refractivity contribution in [2.24, 2.45) is 0 Å². The first-order valence-corrected chi connectivity index (χ1v) is 32.3. The molecule has 13 aromatic carbocycles. The van der Waals surface area contributed by atoms with E-state index in [1.165, 1.54) is 21.5 Å². The van der Waals surface area contributed by atoms with Gasteiger partial charge in [0.2, 0.25) is 0 Å². The second-order valence-electron chi connectivity index (χ2n) is 23.0. The molecule has 0 unspecified atom stereocenters. The molecular weight excluding hydrogens is 1370 g/mol. The van der Waals surface area contributed by atoms with E-state index in [1.54, 1.807) is 6.20 Å². The van der Waals surface area contributed by atoms with E-state index in [4.69, 9.17) is 0 Å². The number of nitrogens with zero attached hydrogens (tertiary/aromatic N) is 5. The number of rotatable bonds is 17. The third-order valence-corrected chi connectivity index (χ3v) is 17.0. The van der Waals surface area contributed by atoms with Crippen molar-refractivity contribution in [2.45, 2.75) is 0 Å². The Labute approximate surface area is 589 Å². The van der Waals surface area contributed by atoms with Gasteiger partial charge < -0.3 is 24.7 Å². The Bertz CT molecular complexity index is 4840. The summed E-state index contributed by atoms with van der Waals surface area (Å²) in [5.74, 6) is 0. The molecule has 0 aliphatic heterocycles. The van der Waals surface area contributed by atoms with Crippen LogP contribution < -0.4 is 14.7 Å². The minimum Gasteiger partial charge on any atom is -0.311 e. The molecule has 0 saturated carbocycles. The SMILES string of the molecule is C=Cc1ccc(N(c2ccc(-c3ccc(N(c4ccc(C=C)cc4)c4cccc5ccccc45)cc3)cc2)c2cccc3ccccc23)cc1.C=Cc1ccc(N(c2ccc(C=C)cc2)c2ccc(-c3cc[c-]c(-c4ccccn4)c3)cc2)cc1.[Ir].[c-]1ccccc1-c1ccccn1. The number of anilines is 9. The first-order chi connectivity index (χ1) is 47.9. The van der Waals surface area contributed by atoms with Gasteiger partial charge in [-0.1, -0.05) is 233 Å². The van der Waals surface area contributed by atoms with E-state index in [9.17, 15) is 0 Å². The molecule has 2 heterocycles. The molecule has 0 amide bonds. The fourth-order valence-electron chi connectivity index (χ4n) is 11.9. The predicted octanol–water partition coefficient (Wildman–Crippen LogP) is 25.4. The zero-order valence-corrected chi connectivity index (χ0v) is 56.5. The number of pyridine rings is 2. The topological polar surface area (TPSA) is 35.5 Å². The number of fused-ring (bicyclic) bond motifs is 2. The van der Waals surface area contributed by atoms with Crippen molar-refractivity contribution in [3.8, 4) is 44.8 Å². The molecule has 0 N–H and O–H groups in total. The Balaban J connectivity index is 0.000000164. The van der Waals surface area contributed by atoms with Gasteiger partial charge in [0.05, 0.1) is 11.4 Å². The third kappa shape index (κ3) is 15.3. The van der Waals surface area contributed by atoms with Gasteiger partial charge in [0.1, 0.15) is 0 Å². The molecule has 0 spiro atoms. The molecule has 15 rings (SSSR count). The second-order valence-corrected chi connectivity index (χ2v) is 23.0. The van der Waals surface area contributed by atoms with Crippen molar-refractivity contribution in [2.75, 3.05) is 14.7 Å². The van der Waals surface area contributed by atoms with E-state index in [0.717, 1.165) is 118 Å². The van der Waals surface area contributed by atoms with Crippen molar-refractivity contribution in [1.29, 1.82) is 0 Å². The molecule has 0 atom stereocenters. The Morgan fingerprint density at radius 3 is 0.959 bits per heavy atom. The zero-order valence-electron chi connectivity index (χ0n) is 54.1. The summed E-state index contributed by atoms with van der Waals surface area (Å²) >= 11 is 0. The molecular formula is C92H69IrN5-2. The molecule has 0 aliphatic carbocycles. The Morgan fingerprint density at radius 2 is 0.592 bits per heavy atom. The van der Waals surface area contributed by atoms with Gasteiger partial charge in [-0.05, 0) is 170 Å². The average molecular weight is 1440 g/mol. The zero-order chi connectivity index (χ0) is 66.1. The minimum atomic E-state index is 0. The van der Waals surface area contributed by atoms with Gasteiger partial charge in [-0.2, -0.15) is 0 Å². The maximum absolute atomic E-state index is 4.46. The van der Waals surface area contributed by atoms with Gasteiger partial charge in [-0.15, -0.1) is 71.3 Å². The van der Waals surface area contributed by atoms with Crippen molar-refractivity contribution < 1.29 is 20.1 Å². The molecule has 1 radical (unpaired) electrons. The van der Waals surface area contributed by atoms with Crippen LogP contribution in [-0.4, -0.2) is 9.97 Å². The van der Waals surface area contributed by atoms with E-state index < -0.39 is 0 Å². The molecule has 0 saturated heterocycles. The Hall–Kier alpha value is -12.3. The van der Waals surface area contributed by atoms with Crippen LogP contribution in [-0.2, 0) is 20.1 Å². The van der Waals surface area contributed by atoms with Crippen LogP contribution in [0, 0.1) is 12.1 Å². The summed E-state index contributed by atoms with van der Waals surface area (Å²) in [6, 6.07) is 123. The largest absolute Gasteiger partial charge is 0.311 e. The predicted molar refractivity (Wildman–Crippen MR) is 414 cm³/mol. The van der Waals surface area contributed by atoms with E-state index >= 15 is 0 Å². The summed E-state index contributed by atoms with van der Waals surface area (Å²) in [6.07, 6.45) is 11.1. The maximum atomic E-state index is 4.46. The number of hydrogen-bond acceptors (Lipinski definition) is 5. The molecule has 15 aromatic rings. The molecule has 0 aliphatic rings. The minimum absolute atomic E-state index is 0. The molecule has 0 fully saturated rings. The van der Waals surface area contributed by atoms with Crippen LogP contribution in [0.1, 0.15) is 22.3 Å². The van der Waals surface area contributed by atoms with E-state index in [2.05, 4.69) is 330 Å². The fraction of sp³-hybridized carbons (Fsp3) is 0. The van der Waals surface area contributed by atoms with Gasteiger partial charge in [0.15, 0.2) is 0 Å². The summed E-state index contributed by atoms with van der Waals surface area (Å²) < 4.78 is 0. The second kappa shape index (κ2) is 31.7. The van der Waals surface area contributed by atoms with Crippen LogP contribution in [0.2, 0.25) is 0 Å². The number of aromatic nitrogens is 2. The van der Waals surface area contributed by atoms with Crippen molar-refractivity contribution in [3.63, 3.8) is 0 Å². The summed E-state index contributed by atoms with van der Waals surface area (Å²) in [4.78, 5) is 15.6. The molecule has 0 bridgehead atoms. The van der Waals surface area contributed by atoms with E-state index in [0.29, 0.717) is 0 Å². The molecule has 6 heteroatoms. The Kier molecular flexibility index (Phi) is 21.3. The van der Waals surface area contributed by atoms with Crippen LogP contribution in [0.5, 0.6) is 0 Å². The Morgan fingerprint density at radius 1 is 0.265 bits per heavy atom. The van der Waals surface area contributed by atoms with Gasteiger partial charge in [0.25, 0.3) is 0 Å². The summed E-state index contributed by atoms with van der Waals surface area (Å²) in [6.45, 7) is 15.6. The summed E-state index contributed by atoms with van der Waals surface area (Å²) in [7, 11) is 0. The normalized spacial score (nSPS) is 10.5. The smallest absolute Gasteiger partial charge is 0.0540 e. The first kappa shape index (κ1) is 65.7. The third-order valence-electron chi connectivity index (χ3n) is 17.0. The number of hydrogen-bond donors (Lipinski definition) is 0. The van der Waals surface area contributed by atoms with Gasteiger partial charge in [-0.3, -0.25) is 0 Å². The van der Waals surface area contributed by atoms with Crippen LogP contribution >= 0.6 is 0 Å². The average Bonchev–Trinajstić information content (AvgIpc) is 0.809. The maximum Gasteiger partial charge on any atom is 0.0540 e. The standard InChI is InChI=1S/C48H36N2.C33H25N2.C11H8N.Ir/c1-3-35-19-27-41(28-20-35)49(47-17-9-13-39-11-5-7-15-45(39)47)43-31-23-37(24-32-43)38-25-33-44(34-26-38)50(42-29-21-36(4-2)22-30-42)48-18-10-14-40-12-6-8-16-46(40)48;1-3-25-11-17-30(18-12-25)35(31-19-13-26(4-2)14-20-31)32-21-15-27(16-22-32)28-8-7-9-29(24-28)33-10-5-6-23-34-33;1-2-6-10(7-3-1)11-8-4-5-9-12-11;/h3-34H,1-2H2;3-8,10-24H,1-2H2;1-6,8-9H;/q;2*-1;. The van der Waals surface area contributed by atoms with Crippen LogP contribution in [0.3, 0.4) is 0 Å². The van der Waals surface area contributed by atoms with Crippen molar-refractivity contribution in [1.82, 2.24) is 9.97 Å². The van der Waals surface area contributed by atoms with Gasteiger partial charge in [-0.25, -0.2) is 0 Å². The first-order valence-electron chi connectivity index (χ1n) is 32.3. The molecule has 473 valence electrons. The summed E-state index contributed by atoms with van der Waals surface area (Å²) in [5.41, 5.74) is 22.8. The molecule has 5 nitrogen and oxygen atoms in total. The van der Waals surface area contributed by atoms with E-state index in [1.807, 2.05) is 97.2 Å². The summed E-state index contributed by atoms with van der Waals surface area (Å²) in [5, 5.41) is 4.84. The van der Waals surface area contributed by atoms with E-state index in [-0.39, 0.29) is 20.1 Å².